The monoisotopic (exact) mass is 430 g/mol. The van der Waals surface area contributed by atoms with E-state index in [1.807, 2.05) is 0 Å². The van der Waals surface area contributed by atoms with Gasteiger partial charge in [-0.25, -0.2) is 17.2 Å². The lowest BCUT2D eigenvalue weighted by Gasteiger charge is -2.21. The standard InChI is InChI=1S/C22H20F2N2O3S/c1-25(15-16-7-5-9-18(23)13-16)22(27)17-8-6-10-19(14-17)30(28,29)26(2)21-12-4-3-11-20(21)24/h3-14H,15H2,1-2H3. The maximum absolute atomic E-state index is 14.0. The molecule has 8 heteroatoms. The Hall–Kier alpha value is -3.26. The molecule has 0 radical (unpaired) electrons. The highest BCUT2D eigenvalue weighted by molar-refractivity contribution is 7.92. The van der Waals surface area contributed by atoms with Crippen LogP contribution in [0.25, 0.3) is 0 Å². The summed E-state index contributed by atoms with van der Waals surface area (Å²) in [5, 5.41) is 0. The Labute approximate surface area is 174 Å². The molecule has 1 amide bonds. The van der Waals surface area contributed by atoms with E-state index in [4.69, 9.17) is 0 Å². The van der Waals surface area contributed by atoms with E-state index in [1.54, 1.807) is 19.2 Å². The van der Waals surface area contributed by atoms with Crippen molar-refractivity contribution in [1.29, 1.82) is 0 Å². The number of hydrogen-bond donors (Lipinski definition) is 0. The molecule has 3 aromatic carbocycles. The molecular formula is C22H20F2N2O3S. The molecule has 0 aliphatic rings. The summed E-state index contributed by atoms with van der Waals surface area (Å²) in [6.45, 7) is 0.155. The molecule has 3 aromatic rings. The van der Waals surface area contributed by atoms with Gasteiger partial charge in [-0.05, 0) is 48.0 Å². The van der Waals surface area contributed by atoms with Gasteiger partial charge in [0.15, 0.2) is 0 Å². The largest absolute Gasteiger partial charge is 0.337 e. The van der Waals surface area contributed by atoms with E-state index >= 15 is 0 Å². The van der Waals surface area contributed by atoms with Gasteiger partial charge >= 0.3 is 0 Å². The van der Waals surface area contributed by atoms with Gasteiger partial charge in [-0.1, -0.05) is 30.3 Å². The molecule has 0 atom stereocenters. The van der Waals surface area contributed by atoms with Crippen LogP contribution in [-0.4, -0.2) is 33.3 Å². The second kappa shape index (κ2) is 8.62. The lowest BCUT2D eigenvalue weighted by Crippen LogP contribution is -2.29. The van der Waals surface area contributed by atoms with Crippen LogP contribution in [-0.2, 0) is 16.6 Å². The summed E-state index contributed by atoms with van der Waals surface area (Å²) in [5.41, 5.74) is 0.656. The molecule has 0 aliphatic carbocycles. The van der Waals surface area contributed by atoms with Gasteiger partial charge in [-0.15, -0.1) is 0 Å². The minimum absolute atomic E-state index is 0.0996. The predicted octanol–water partition coefficient (Wildman–Crippen LogP) is 4.06. The minimum Gasteiger partial charge on any atom is -0.337 e. The molecule has 0 saturated heterocycles. The van der Waals surface area contributed by atoms with Crippen molar-refractivity contribution in [2.24, 2.45) is 0 Å². The van der Waals surface area contributed by atoms with E-state index in [9.17, 15) is 22.0 Å². The van der Waals surface area contributed by atoms with Crippen LogP contribution in [0.5, 0.6) is 0 Å². The first-order valence-corrected chi connectivity index (χ1v) is 10.5. The van der Waals surface area contributed by atoms with Crippen molar-refractivity contribution in [3.8, 4) is 0 Å². The fraction of sp³-hybridized carbons (Fsp3) is 0.136. The van der Waals surface area contributed by atoms with Crippen LogP contribution in [0.3, 0.4) is 0 Å². The minimum atomic E-state index is -4.09. The highest BCUT2D eigenvalue weighted by atomic mass is 32.2. The number of anilines is 1. The molecule has 30 heavy (non-hydrogen) atoms. The summed E-state index contributed by atoms with van der Waals surface area (Å²) < 4.78 is 54.1. The van der Waals surface area contributed by atoms with Gasteiger partial charge in [0.25, 0.3) is 15.9 Å². The normalized spacial score (nSPS) is 11.2. The fourth-order valence-electron chi connectivity index (χ4n) is 2.99. The lowest BCUT2D eigenvalue weighted by molar-refractivity contribution is 0.0784. The SMILES string of the molecule is CN(Cc1cccc(F)c1)C(=O)c1cccc(S(=O)(=O)N(C)c2ccccc2F)c1. The van der Waals surface area contributed by atoms with E-state index < -0.39 is 27.6 Å². The van der Waals surface area contributed by atoms with Gasteiger partial charge in [0, 0.05) is 26.2 Å². The van der Waals surface area contributed by atoms with Crippen LogP contribution in [0.15, 0.2) is 77.7 Å². The van der Waals surface area contributed by atoms with E-state index in [0.717, 1.165) is 4.31 Å². The molecule has 0 aliphatic heterocycles. The van der Waals surface area contributed by atoms with E-state index in [0.29, 0.717) is 5.56 Å². The lowest BCUT2D eigenvalue weighted by atomic mass is 10.1. The van der Waals surface area contributed by atoms with E-state index in [2.05, 4.69) is 0 Å². The van der Waals surface area contributed by atoms with Gasteiger partial charge < -0.3 is 4.90 Å². The molecule has 3 rings (SSSR count). The van der Waals surface area contributed by atoms with Crippen molar-refractivity contribution >= 4 is 21.6 Å². The summed E-state index contributed by atoms with van der Waals surface area (Å²) in [6.07, 6.45) is 0. The number of carbonyl (C=O) groups is 1. The van der Waals surface area contributed by atoms with Crippen LogP contribution < -0.4 is 4.31 Å². The van der Waals surface area contributed by atoms with Gasteiger partial charge in [-0.3, -0.25) is 9.10 Å². The summed E-state index contributed by atoms with van der Waals surface area (Å²) in [6, 6.07) is 16.9. The molecule has 5 nitrogen and oxygen atoms in total. The zero-order valence-electron chi connectivity index (χ0n) is 16.4. The zero-order valence-corrected chi connectivity index (χ0v) is 17.2. The summed E-state index contributed by atoms with van der Waals surface area (Å²) in [7, 11) is -1.30. The van der Waals surface area contributed by atoms with Crippen molar-refractivity contribution in [1.82, 2.24) is 4.90 Å². The maximum atomic E-state index is 14.0. The van der Waals surface area contributed by atoms with Crippen LogP contribution in [0.2, 0.25) is 0 Å². The maximum Gasteiger partial charge on any atom is 0.264 e. The third-order valence-corrected chi connectivity index (χ3v) is 6.35. The van der Waals surface area contributed by atoms with Crippen molar-refractivity contribution < 1.29 is 22.0 Å². The Bertz CT molecular complexity index is 1180. The van der Waals surface area contributed by atoms with Crippen molar-refractivity contribution in [2.45, 2.75) is 11.4 Å². The second-order valence-corrected chi connectivity index (χ2v) is 8.71. The molecule has 0 spiro atoms. The highest BCUT2D eigenvalue weighted by Crippen LogP contribution is 2.25. The molecular weight excluding hydrogens is 410 g/mol. The number of hydrogen-bond acceptors (Lipinski definition) is 3. The summed E-state index contributed by atoms with van der Waals surface area (Å²) in [5.74, 6) is -1.51. The van der Waals surface area contributed by atoms with E-state index in [-0.39, 0.29) is 22.7 Å². The van der Waals surface area contributed by atoms with Gasteiger partial charge in [0.2, 0.25) is 0 Å². The molecule has 0 unspecified atom stereocenters. The number of carbonyl (C=O) groups excluding carboxylic acids is 1. The number of rotatable bonds is 6. The Kier molecular flexibility index (Phi) is 6.17. The van der Waals surface area contributed by atoms with Crippen LogP contribution in [0.4, 0.5) is 14.5 Å². The first kappa shape index (κ1) is 21.4. The molecule has 156 valence electrons. The number of sulfonamides is 1. The smallest absolute Gasteiger partial charge is 0.264 e. The Morgan fingerprint density at radius 3 is 2.30 bits per heavy atom. The Balaban J connectivity index is 1.86. The molecule has 0 N–H and O–H groups in total. The number of nitrogens with zero attached hydrogens (tertiary/aromatic N) is 2. The second-order valence-electron chi connectivity index (χ2n) is 6.74. The Morgan fingerprint density at radius 1 is 0.900 bits per heavy atom. The fourth-order valence-corrected chi connectivity index (χ4v) is 4.24. The average molecular weight is 430 g/mol. The molecule has 0 heterocycles. The third-order valence-electron chi connectivity index (χ3n) is 4.59. The summed E-state index contributed by atoms with van der Waals surface area (Å²) in [4.78, 5) is 14.0. The number of para-hydroxylation sites is 1. The first-order chi connectivity index (χ1) is 14.2. The molecule has 0 bridgehead atoms. The topological polar surface area (TPSA) is 57.7 Å². The van der Waals surface area contributed by atoms with Crippen molar-refractivity contribution in [2.75, 3.05) is 18.4 Å². The zero-order chi connectivity index (χ0) is 21.9. The highest BCUT2D eigenvalue weighted by Gasteiger charge is 2.25. The molecule has 0 fully saturated rings. The average Bonchev–Trinajstić information content (AvgIpc) is 2.73. The van der Waals surface area contributed by atoms with Gasteiger partial charge in [0.05, 0.1) is 10.6 Å². The van der Waals surface area contributed by atoms with E-state index in [1.165, 1.54) is 72.6 Å². The van der Waals surface area contributed by atoms with Gasteiger partial charge in [-0.2, -0.15) is 0 Å². The molecule has 0 aromatic heterocycles. The predicted molar refractivity (Wildman–Crippen MR) is 111 cm³/mol. The van der Waals surface area contributed by atoms with Crippen LogP contribution >= 0.6 is 0 Å². The van der Waals surface area contributed by atoms with Crippen molar-refractivity contribution in [3.63, 3.8) is 0 Å². The Morgan fingerprint density at radius 2 is 1.60 bits per heavy atom. The number of halogens is 2. The quantitative estimate of drug-likeness (QED) is 0.593. The van der Waals surface area contributed by atoms with Crippen molar-refractivity contribution in [3.05, 3.63) is 95.6 Å². The summed E-state index contributed by atoms with van der Waals surface area (Å²) >= 11 is 0. The molecule has 0 saturated carbocycles. The van der Waals surface area contributed by atoms with Crippen LogP contribution in [0.1, 0.15) is 15.9 Å². The first-order valence-electron chi connectivity index (χ1n) is 9.03. The number of amides is 1. The third kappa shape index (κ3) is 4.49. The van der Waals surface area contributed by atoms with Gasteiger partial charge in [0.1, 0.15) is 11.6 Å². The number of benzene rings is 3. The van der Waals surface area contributed by atoms with Crippen LogP contribution in [0, 0.1) is 11.6 Å².